The molecule has 0 N–H and O–H groups in total. The summed E-state index contributed by atoms with van der Waals surface area (Å²) in [6.07, 6.45) is 0. The number of fused-ring (bicyclic) bond motifs is 2. The number of aromatic nitrogens is 3. The summed E-state index contributed by atoms with van der Waals surface area (Å²) in [6, 6.07) is 71.0. The lowest BCUT2D eigenvalue weighted by Gasteiger charge is -2.23. The van der Waals surface area contributed by atoms with Crippen molar-refractivity contribution in [3.63, 3.8) is 0 Å². The van der Waals surface area contributed by atoms with Crippen molar-refractivity contribution in [2.45, 2.75) is 6.92 Å². The van der Waals surface area contributed by atoms with E-state index in [2.05, 4.69) is 128 Å². The van der Waals surface area contributed by atoms with Crippen LogP contribution >= 0.6 is 0 Å². The first-order valence-electron chi connectivity index (χ1n) is 22.2. The van der Waals surface area contributed by atoms with Gasteiger partial charge in [-0.15, -0.1) is 5.46 Å². The zero-order chi connectivity index (χ0) is 45.6. The van der Waals surface area contributed by atoms with Crippen LogP contribution < -0.4 is 21.9 Å². The molecule has 3 nitrogen and oxygen atoms in total. The Labute approximate surface area is 396 Å². The van der Waals surface area contributed by atoms with Crippen LogP contribution in [-0.4, -0.2) is 46.3 Å². The molecule has 11 aromatic rings. The van der Waals surface area contributed by atoms with E-state index in [1.165, 1.54) is 38.2 Å². The largest absolute Gasteiger partial charge is 0.208 e. The number of rotatable bonds is 8. The van der Waals surface area contributed by atoms with Crippen molar-refractivity contribution in [1.29, 1.82) is 0 Å². The van der Waals surface area contributed by atoms with Gasteiger partial charge in [-0.3, -0.25) is 0 Å². The van der Waals surface area contributed by atoms with Gasteiger partial charge < -0.3 is 0 Å². The molecular formula is C60H37B4N3. The third kappa shape index (κ3) is 7.87. The van der Waals surface area contributed by atoms with Crippen molar-refractivity contribution in [1.82, 2.24) is 15.0 Å². The van der Waals surface area contributed by atoms with Crippen molar-refractivity contribution in [3.8, 4) is 89.8 Å². The maximum Gasteiger partial charge on any atom is 0.164 e. The van der Waals surface area contributed by atoms with Gasteiger partial charge in [0.2, 0.25) is 0 Å². The molecule has 7 heteroatoms. The quantitative estimate of drug-likeness (QED) is 0.143. The van der Waals surface area contributed by atoms with Crippen LogP contribution in [0.4, 0.5) is 0 Å². The first kappa shape index (κ1) is 41.7. The van der Waals surface area contributed by atoms with E-state index in [0.29, 0.717) is 45.0 Å². The van der Waals surface area contributed by atoms with E-state index >= 15 is 0 Å². The number of benzene rings is 10. The Morgan fingerprint density at radius 2 is 0.761 bits per heavy atom. The van der Waals surface area contributed by atoms with E-state index in [4.69, 9.17) is 46.3 Å². The topological polar surface area (TPSA) is 38.7 Å². The first-order valence-corrected chi connectivity index (χ1v) is 22.2. The lowest BCUT2D eigenvalue weighted by Crippen LogP contribution is -2.46. The molecule has 0 saturated heterocycles. The highest BCUT2D eigenvalue weighted by atomic mass is 15.0. The standard InChI is InChI=1S/C60H37B4N3/c1-36-30-48(33-42-28-29-43(35-51(36)42)50-27-13-19-38-16-8-9-26-49(38)50)41-21-11-24-46(32-41)59-65-58(45-23-10-20-40(31-45)37-14-4-2-5-15-37)66-60(67-59)47-25-12-22-44(34-47)53-54(61)52(39-17-6-3-7-18-39)55(62)57(64)56(53)63/h2-35H,1H3. The van der Waals surface area contributed by atoms with Crippen molar-refractivity contribution < 1.29 is 0 Å². The number of hydrogen-bond acceptors (Lipinski definition) is 3. The van der Waals surface area contributed by atoms with Crippen LogP contribution in [-0.2, 0) is 0 Å². The zero-order valence-corrected chi connectivity index (χ0v) is 36.8. The summed E-state index contributed by atoms with van der Waals surface area (Å²) in [5.74, 6) is 1.57. The average molecular weight is 843 g/mol. The van der Waals surface area contributed by atoms with E-state index in [1.807, 2.05) is 84.9 Å². The minimum atomic E-state index is 0.281. The van der Waals surface area contributed by atoms with Gasteiger partial charge in [-0.05, 0) is 120 Å². The summed E-state index contributed by atoms with van der Waals surface area (Å²) in [6.45, 7) is 2.19. The highest BCUT2D eigenvalue weighted by Gasteiger charge is 2.19. The second-order valence-electron chi connectivity index (χ2n) is 16.9. The van der Waals surface area contributed by atoms with Crippen LogP contribution in [0.25, 0.3) is 111 Å². The summed E-state index contributed by atoms with van der Waals surface area (Å²) < 4.78 is 0. The van der Waals surface area contributed by atoms with Crippen LogP contribution in [0.2, 0.25) is 0 Å². The SMILES string of the molecule is [B]c1c([B])c(-c2ccccc2)c([B])c(-c2cccc(-c3nc(-c4cccc(-c5ccccc5)c4)nc(-c4cccc(-c5cc(C)c6cc(-c7cccc8ccccc78)ccc6c5)c4)n3)c2)c1[B]. The van der Waals surface area contributed by atoms with Crippen molar-refractivity contribution in [3.05, 3.63) is 212 Å². The normalized spacial score (nSPS) is 11.3. The van der Waals surface area contributed by atoms with Crippen LogP contribution in [0.1, 0.15) is 5.56 Å². The Hall–Kier alpha value is -8.01. The second-order valence-corrected chi connectivity index (χ2v) is 16.9. The molecule has 0 atom stereocenters. The molecule has 0 fully saturated rings. The predicted octanol–water partition coefficient (Wildman–Crippen LogP) is 11.0. The molecule has 0 amide bonds. The van der Waals surface area contributed by atoms with Crippen LogP contribution in [0.5, 0.6) is 0 Å². The van der Waals surface area contributed by atoms with Crippen molar-refractivity contribution in [2.24, 2.45) is 0 Å². The second kappa shape index (κ2) is 17.4. The van der Waals surface area contributed by atoms with Gasteiger partial charge >= 0.3 is 0 Å². The highest BCUT2D eigenvalue weighted by Crippen LogP contribution is 2.36. The molecule has 1 aromatic heterocycles. The third-order valence-corrected chi connectivity index (χ3v) is 12.7. The molecule has 0 aliphatic carbocycles. The summed E-state index contributed by atoms with van der Waals surface area (Å²) in [5.41, 5.74) is 14.6. The molecule has 0 bridgehead atoms. The van der Waals surface area contributed by atoms with Gasteiger partial charge in [-0.1, -0.05) is 192 Å². The van der Waals surface area contributed by atoms with Gasteiger partial charge in [0.25, 0.3) is 0 Å². The van der Waals surface area contributed by atoms with Crippen molar-refractivity contribution >= 4 is 74.8 Å². The maximum absolute atomic E-state index is 6.96. The van der Waals surface area contributed by atoms with Gasteiger partial charge in [-0.2, -0.15) is 0 Å². The monoisotopic (exact) mass is 843 g/mol. The number of nitrogens with zero attached hydrogens (tertiary/aromatic N) is 3. The lowest BCUT2D eigenvalue weighted by molar-refractivity contribution is 1.07. The smallest absolute Gasteiger partial charge is 0.164 e. The lowest BCUT2D eigenvalue weighted by atomic mass is 9.62. The molecule has 304 valence electrons. The minimum absolute atomic E-state index is 0.281. The summed E-state index contributed by atoms with van der Waals surface area (Å²) in [5, 5.41) is 4.87. The van der Waals surface area contributed by atoms with E-state index in [1.54, 1.807) is 0 Å². The molecular weight excluding hydrogens is 806 g/mol. The van der Waals surface area contributed by atoms with Crippen LogP contribution in [0.3, 0.4) is 0 Å². The number of aryl methyl sites for hydroxylation is 1. The molecule has 0 spiro atoms. The van der Waals surface area contributed by atoms with E-state index in [-0.39, 0.29) is 5.46 Å². The van der Waals surface area contributed by atoms with Gasteiger partial charge in [-0.25, -0.2) is 15.0 Å². The molecule has 11 rings (SSSR count). The Bertz CT molecular complexity index is 3700. The van der Waals surface area contributed by atoms with Gasteiger partial charge in [0.15, 0.2) is 17.5 Å². The Morgan fingerprint density at radius 1 is 0.284 bits per heavy atom. The molecule has 0 unspecified atom stereocenters. The Balaban J connectivity index is 1.02. The third-order valence-electron chi connectivity index (χ3n) is 12.7. The fraction of sp³-hybridized carbons (Fsp3) is 0.0167. The average Bonchev–Trinajstić information content (AvgIpc) is 3.38. The van der Waals surface area contributed by atoms with E-state index < -0.39 is 0 Å². The van der Waals surface area contributed by atoms with E-state index in [9.17, 15) is 0 Å². The molecule has 0 aliphatic rings. The Morgan fingerprint density at radius 3 is 1.40 bits per heavy atom. The summed E-state index contributed by atoms with van der Waals surface area (Å²) >= 11 is 0. The summed E-state index contributed by atoms with van der Waals surface area (Å²) in [4.78, 5) is 15.5. The van der Waals surface area contributed by atoms with Crippen LogP contribution in [0, 0.1) is 6.92 Å². The fourth-order valence-electron chi connectivity index (χ4n) is 9.29. The molecule has 0 aliphatic heterocycles. The van der Waals surface area contributed by atoms with Gasteiger partial charge in [0, 0.05) is 16.7 Å². The molecule has 10 aromatic carbocycles. The fourth-order valence-corrected chi connectivity index (χ4v) is 9.29. The van der Waals surface area contributed by atoms with Gasteiger partial charge in [0.1, 0.15) is 31.4 Å². The van der Waals surface area contributed by atoms with Crippen molar-refractivity contribution in [2.75, 3.05) is 0 Å². The first-order chi connectivity index (χ1) is 32.8. The van der Waals surface area contributed by atoms with Crippen LogP contribution in [0.15, 0.2) is 206 Å². The molecule has 67 heavy (non-hydrogen) atoms. The molecule has 0 saturated carbocycles. The summed E-state index contributed by atoms with van der Waals surface area (Å²) in [7, 11) is 26.9. The highest BCUT2D eigenvalue weighted by molar-refractivity contribution is 6.63. The van der Waals surface area contributed by atoms with Gasteiger partial charge in [0.05, 0.1) is 0 Å². The van der Waals surface area contributed by atoms with E-state index in [0.717, 1.165) is 50.1 Å². The predicted molar refractivity (Wildman–Crippen MR) is 285 cm³/mol. The zero-order valence-electron chi connectivity index (χ0n) is 36.8. The molecule has 8 radical (unpaired) electrons. The Kier molecular flexibility index (Phi) is 10.8. The number of hydrogen-bond donors (Lipinski definition) is 0. The molecule has 1 heterocycles. The minimum Gasteiger partial charge on any atom is -0.208 e. The maximum atomic E-state index is 6.96.